The molecule has 1 aliphatic carbocycles. The Morgan fingerprint density at radius 3 is 1.58 bits per heavy atom. The van der Waals surface area contributed by atoms with Crippen LogP contribution in [0.2, 0.25) is 13.1 Å². The van der Waals surface area contributed by atoms with Crippen LogP contribution < -0.4 is 21.0 Å². The predicted octanol–water partition coefficient (Wildman–Crippen LogP) is 13.9. The topological polar surface area (TPSA) is 3.24 Å². The fraction of sp³-hybridized carbons (Fsp3) is 0.0690. The first-order valence-electron chi connectivity index (χ1n) is 21.8. The summed E-state index contributed by atoms with van der Waals surface area (Å²) < 4.78 is 0. The quantitative estimate of drug-likeness (QED) is 0.151. The van der Waals surface area contributed by atoms with Crippen molar-refractivity contribution in [2.45, 2.75) is 46.0 Å². The molecule has 2 aliphatic heterocycles. The van der Waals surface area contributed by atoms with Gasteiger partial charge in [-0.2, -0.15) is 0 Å². The Morgan fingerprint density at radius 1 is 0.532 bits per heavy atom. The summed E-state index contributed by atoms with van der Waals surface area (Å²) in [7, 11) is -4.11. The molecule has 0 unspecified atom stereocenters. The van der Waals surface area contributed by atoms with Crippen molar-refractivity contribution in [3.63, 3.8) is 0 Å². The van der Waals surface area contributed by atoms with E-state index in [1.165, 1.54) is 86.0 Å². The molecule has 0 radical (unpaired) electrons. The zero-order valence-corrected chi connectivity index (χ0v) is 37.3. The molecule has 62 heavy (non-hydrogen) atoms. The molecule has 298 valence electrons. The van der Waals surface area contributed by atoms with Crippen molar-refractivity contribution in [2.24, 2.45) is 0 Å². The Balaban J connectivity index is 1.18. The highest BCUT2D eigenvalue weighted by atomic mass is 32.3. The van der Waals surface area contributed by atoms with Gasteiger partial charge in [0.1, 0.15) is 8.07 Å². The third kappa shape index (κ3) is 6.00. The molecule has 0 fully saturated rings. The van der Waals surface area contributed by atoms with E-state index in [1.807, 2.05) is 0 Å². The Kier molecular flexibility index (Phi) is 9.52. The van der Waals surface area contributed by atoms with E-state index >= 15 is 0 Å². The van der Waals surface area contributed by atoms with Crippen LogP contribution >= 0.6 is 10.0 Å². The second-order valence-electron chi connectivity index (χ2n) is 17.3. The molecule has 11 rings (SSSR count). The third-order valence-electron chi connectivity index (χ3n) is 13.3. The largest absolute Gasteiger partial charge is 0.308 e. The molecule has 8 aromatic rings. The number of para-hydroxylation sites is 2. The summed E-state index contributed by atoms with van der Waals surface area (Å²) in [6, 6.07) is 75.5. The Hall–Kier alpha value is -6.59. The van der Waals surface area contributed by atoms with Gasteiger partial charge in [0.05, 0.1) is 11.4 Å². The second kappa shape index (κ2) is 15.4. The van der Waals surface area contributed by atoms with E-state index < -0.39 is 18.1 Å². The molecular formula is C58H48BNSSi. The van der Waals surface area contributed by atoms with Crippen molar-refractivity contribution in [3.8, 4) is 22.3 Å². The van der Waals surface area contributed by atoms with E-state index in [4.69, 9.17) is 0 Å². The van der Waals surface area contributed by atoms with Crippen LogP contribution in [0.1, 0.15) is 12.0 Å². The smallest absolute Gasteiger partial charge is 0.238 e. The Morgan fingerprint density at radius 2 is 1.03 bits per heavy atom. The standard InChI is InChI=1S/C58H48BNSSi/c1-42-39-48(43-23-9-4-10-24-43)58(49(40-42)44-25-11-5-12-26-44)59-50-31-17-8-18-36-56(50)62(2,3)57-41-45(37-38-51(57)59)60-52-32-19-21-34-54(52)61(46-27-13-6-14-28-46,47-29-15-7-16-30-47)55-35-22-20-33-53(55)60/h4-30,32-41H,31H2,1-3H3. The summed E-state index contributed by atoms with van der Waals surface area (Å²) in [5, 5.41) is 3.06. The number of hydrogen-bond acceptors (Lipinski definition) is 1. The molecular weight excluding hydrogens is 782 g/mol. The lowest BCUT2D eigenvalue weighted by atomic mass is 9.33. The van der Waals surface area contributed by atoms with E-state index in [9.17, 15) is 0 Å². The number of nitrogens with zero attached hydrogens (tertiary/aromatic N) is 1. The molecule has 0 saturated heterocycles. The summed E-state index contributed by atoms with van der Waals surface area (Å²) in [4.78, 5) is 8.01. The molecule has 0 amide bonds. The highest BCUT2D eigenvalue weighted by molar-refractivity contribution is 8.34. The zero-order chi connectivity index (χ0) is 41.8. The monoisotopic (exact) mass is 829 g/mol. The zero-order valence-electron chi connectivity index (χ0n) is 35.5. The Bertz CT molecular complexity index is 2930. The van der Waals surface area contributed by atoms with E-state index in [2.05, 4.69) is 249 Å². The summed E-state index contributed by atoms with van der Waals surface area (Å²) in [6.07, 6.45) is 10.3. The number of hydrogen-bond donors (Lipinski definition) is 0. The van der Waals surface area contributed by atoms with Crippen LogP contribution in [0.5, 0.6) is 0 Å². The van der Waals surface area contributed by atoms with Gasteiger partial charge in [-0.05, 0) is 102 Å². The van der Waals surface area contributed by atoms with E-state index in [1.54, 1.807) is 5.20 Å². The summed E-state index contributed by atoms with van der Waals surface area (Å²) in [6.45, 7) is 7.49. The fourth-order valence-corrected chi connectivity index (χ4v) is 18.2. The van der Waals surface area contributed by atoms with Gasteiger partial charge in [-0.3, -0.25) is 0 Å². The van der Waals surface area contributed by atoms with E-state index in [0.29, 0.717) is 0 Å². The van der Waals surface area contributed by atoms with Crippen molar-refractivity contribution < 1.29 is 0 Å². The van der Waals surface area contributed by atoms with Crippen LogP contribution in [-0.4, -0.2) is 14.8 Å². The van der Waals surface area contributed by atoms with Gasteiger partial charge in [0, 0.05) is 25.3 Å². The highest BCUT2D eigenvalue weighted by Crippen LogP contribution is 2.79. The lowest BCUT2D eigenvalue weighted by Crippen LogP contribution is -2.64. The Labute approximate surface area is 369 Å². The molecule has 8 aromatic carbocycles. The average Bonchev–Trinajstić information content (AvgIpc) is 3.59. The van der Waals surface area contributed by atoms with E-state index in [0.717, 1.165) is 6.42 Å². The van der Waals surface area contributed by atoms with Gasteiger partial charge in [-0.1, -0.05) is 204 Å². The molecule has 0 saturated carbocycles. The lowest BCUT2D eigenvalue weighted by Gasteiger charge is -2.50. The lowest BCUT2D eigenvalue weighted by molar-refractivity contribution is 1.12. The summed E-state index contributed by atoms with van der Waals surface area (Å²) in [5.41, 5.74) is 14.5. The first kappa shape index (κ1) is 38.3. The second-order valence-corrected chi connectivity index (χ2v) is 24.6. The van der Waals surface area contributed by atoms with Crippen LogP contribution in [-0.2, 0) is 0 Å². The molecule has 0 spiro atoms. The van der Waals surface area contributed by atoms with Crippen molar-refractivity contribution >= 4 is 58.0 Å². The van der Waals surface area contributed by atoms with Gasteiger partial charge < -0.3 is 4.90 Å². The maximum absolute atomic E-state index is 2.60. The normalized spacial score (nSPS) is 16.1. The van der Waals surface area contributed by atoms with E-state index in [-0.39, 0.29) is 6.71 Å². The first-order valence-corrected chi connectivity index (χ1v) is 26.5. The minimum absolute atomic E-state index is 0.0715. The number of fused-ring (bicyclic) bond motifs is 3. The molecule has 0 atom stereocenters. The minimum Gasteiger partial charge on any atom is -0.308 e. The van der Waals surface area contributed by atoms with Gasteiger partial charge in [-0.25, -0.2) is 0 Å². The van der Waals surface area contributed by atoms with Crippen LogP contribution in [0.4, 0.5) is 17.1 Å². The number of aryl methyl sites for hydroxylation is 1. The number of allylic oxidation sites excluding steroid dienone is 6. The number of anilines is 3. The SMILES string of the molecule is Cc1cc(-c2ccccc2)c(B2C3=C(C=CC=CC3)[Si](C)(C)c3cc(N4c5ccccc5S(c5ccccc5)(c5ccccc5)c5ccccc54)ccc32)c(-c2ccccc2)c1. The predicted molar refractivity (Wildman–Crippen MR) is 269 cm³/mol. The molecule has 0 bridgehead atoms. The van der Waals surface area contributed by atoms with Gasteiger partial charge in [-0.15, -0.1) is 10.0 Å². The molecule has 0 aromatic heterocycles. The minimum atomic E-state index is -2.26. The van der Waals surface area contributed by atoms with Crippen LogP contribution in [0, 0.1) is 6.92 Å². The van der Waals surface area contributed by atoms with Gasteiger partial charge in [0.2, 0.25) is 6.71 Å². The molecule has 3 aliphatic rings. The van der Waals surface area contributed by atoms with Crippen molar-refractivity contribution in [2.75, 3.05) is 4.90 Å². The van der Waals surface area contributed by atoms with Crippen molar-refractivity contribution in [3.05, 3.63) is 241 Å². The summed E-state index contributed by atoms with van der Waals surface area (Å²) >= 11 is 0. The van der Waals surface area contributed by atoms with Gasteiger partial charge in [0.15, 0.2) is 0 Å². The molecule has 1 nitrogen and oxygen atoms in total. The van der Waals surface area contributed by atoms with Crippen LogP contribution in [0.25, 0.3) is 22.3 Å². The van der Waals surface area contributed by atoms with Gasteiger partial charge in [0.25, 0.3) is 0 Å². The molecule has 4 heteroatoms. The number of benzene rings is 8. The summed E-state index contributed by atoms with van der Waals surface area (Å²) in [5.74, 6) is 0. The first-order chi connectivity index (χ1) is 30.5. The van der Waals surface area contributed by atoms with Crippen molar-refractivity contribution in [1.82, 2.24) is 0 Å². The van der Waals surface area contributed by atoms with Gasteiger partial charge >= 0.3 is 0 Å². The fourth-order valence-electron chi connectivity index (χ4n) is 10.7. The number of rotatable bonds is 6. The van der Waals surface area contributed by atoms with Crippen molar-refractivity contribution in [1.29, 1.82) is 0 Å². The van der Waals surface area contributed by atoms with Crippen LogP contribution in [0.3, 0.4) is 0 Å². The average molecular weight is 830 g/mol. The maximum atomic E-state index is 2.60. The highest BCUT2D eigenvalue weighted by Gasteiger charge is 2.46. The third-order valence-corrected chi connectivity index (χ3v) is 20.9. The molecule has 2 heterocycles. The molecule has 0 N–H and O–H groups in total. The maximum Gasteiger partial charge on any atom is 0.238 e. The van der Waals surface area contributed by atoms with Crippen LogP contribution in [0.15, 0.2) is 255 Å².